The van der Waals surface area contributed by atoms with Crippen molar-refractivity contribution in [2.24, 2.45) is 10.9 Å². The molecule has 0 aromatic carbocycles. The van der Waals surface area contributed by atoms with Crippen LogP contribution in [-0.4, -0.2) is 61.5 Å². The summed E-state index contributed by atoms with van der Waals surface area (Å²) in [4.78, 5) is 17.8. The highest BCUT2D eigenvalue weighted by molar-refractivity contribution is 14.0. The molecule has 0 aromatic heterocycles. The molecule has 0 bridgehead atoms. The zero-order chi connectivity index (χ0) is 16.5. The van der Waals surface area contributed by atoms with Crippen LogP contribution in [0.15, 0.2) is 4.99 Å². The number of carbonyl (C=O) groups excluding carboxylic acids is 1. The van der Waals surface area contributed by atoms with Gasteiger partial charge in [-0.1, -0.05) is 19.3 Å². The Morgan fingerprint density at radius 3 is 2.42 bits per heavy atom. The van der Waals surface area contributed by atoms with Gasteiger partial charge in [0.1, 0.15) is 6.54 Å². The van der Waals surface area contributed by atoms with Gasteiger partial charge in [-0.3, -0.25) is 4.79 Å². The molecule has 140 valence electrons. The number of halogens is 1. The van der Waals surface area contributed by atoms with E-state index in [1.807, 2.05) is 11.8 Å². The zero-order valence-corrected chi connectivity index (χ0v) is 18.2. The van der Waals surface area contributed by atoms with E-state index < -0.39 is 0 Å². The Bertz CT molecular complexity index is 394. The average Bonchev–Trinajstić information content (AvgIpc) is 3.08. The van der Waals surface area contributed by atoms with Crippen molar-refractivity contribution in [1.82, 2.24) is 15.5 Å². The fourth-order valence-corrected chi connectivity index (χ4v) is 4.31. The van der Waals surface area contributed by atoms with Crippen molar-refractivity contribution in [3.05, 3.63) is 0 Å². The Labute approximate surface area is 168 Å². The first kappa shape index (κ1) is 21.9. The molecule has 1 saturated heterocycles. The lowest BCUT2D eigenvalue weighted by Gasteiger charge is -2.23. The van der Waals surface area contributed by atoms with E-state index >= 15 is 0 Å². The molecule has 0 spiro atoms. The summed E-state index contributed by atoms with van der Waals surface area (Å²) < 4.78 is 0. The van der Waals surface area contributed by atoms with Gasteiger partial charge in [0, 0.05) is 32.4 Å². The molecule has 0 radical (unpaired) electrons. The molecule has 0 aromatic rings. The maximum atomic E-state index is 11.8. The summed E-state index contributed by atoms with van der Waals surface area (Å²) in [5.74, 6) is 2.87. The number of hydrogen-bond acceptors (Lipinski definition) is 3. The Morgan fingerprint density at radius 2 is 1.79 bits per heavy atom. The summed E-state index contributed by atoms with van der Waals surface area (Å²) in [5.41, 5.74) is 0. The largest absolute Gasteiger partial charge is 0.356 e. The van der Waals surface area contributed by atoms with E-state index in [-0.39, 0.29) is 36.4 Å². The summed E-state index contributed by atoms with van der Waals surface area (Å²) in [6.07, 6.45) is 9.31. The van der Waals surface area contributed by atoms with E-state index in [2.05, 4.69) is 15.6 Å². The van der Waals surface area contributed by atoms with Crippen LogP contribution < -0.4 is 10.6 Å². The standard InChI is InChI=1S/C17H32N4OS.HI/c1-21(2)16(22)13-20-17(19-12-15-9-6-10-23-15)18-11-14-7-4-3-5-8-14;/h14-15H,3-13H2,1-2H3,(H2,18,19,20);1H. The monoisotopic (exact) mass is 468 g/mol. The van der Waals surface area contributed by atoms with Crippen LogP contribution >= 0.6 is 35.7 Å². The number of nitrogens with one attached hydrogen (secondary N) is 2. The van der Waals surface area contributed by atoms with Gasteiger partial charge in [0.05, 0.1) is 0 Å². The van der Waals surface area contributed by atoms with Gasteiger partial charge in [0.25, 0.3) is 0 Å². The van der Waals surface area contributed by atoms with E-state index in [0.29, 0.717) is 5.25 Å². The van der Waals surface area contributed by atoms with Gasteiger partial charge in [-0.05, 0) is 37.4 Å². The number of rotatable bonds is 6. The molecule has 1 atom stereocenters. The van der Waals surface area contributed by atoms with Gasteiger partial charge >= 0.3 is 0 Å². The molecule has 24 heavy (non-hydrogen) atoms. The van der Waals surface area contributed by atoms with E-state index in [1.165, 1.54) is 50.7 Å². The topological polar surface area (TPSA) is 56.7 Å². The molecule has 1 aliphatic heterocycles. The minimum Gasteiger partial charge on any atom is -0.356 e. The number of nitrogens with zero attached hydrogens (tertiary/aromatic N) is 2. The number of aliphatic imine (C=N–C) groups is 1. The highest BCUT2D eigenvalue weighted by atomic mass is 127. The lowest BCUT2D eigenvalue weighted by atomic mass is 9.89. The maximum Gasteiger partial charge on any atom is 0.243 e. The number of likely N-dealkylation sites (N-methyl/N-ethyl adjacent to an activating group) is 1. The third kappa shape index (κ3) is 8.27. The number of carbonyl (C=O) groups is 1. The molecule has 1 saturated carbocycles. The van der Waals surface area contributed by atoms with E-state index in [1.54, 1.807) is 19.0 Å². The minimum atomic E-state index is 0. The molecule has 2 N–H and O–H groups in total. The average molecular weight is 468 g/mol. The second kappa shape index (κ2) is 12.2. The van der Waals surface area contributed by atoms with Crippen molar-refractivity contribution in [3.63, 3.8) is 0 Å². The van der Waals surface area contributed by atoms with Gasteiger partial charge in [-0.2, -0.15) is 11.8 Å². The molecule has 1 unspecified atom stereocenters. The summed E-state index contributed by atoms with van der Waals surface area (Å²) in [6, 6.07) is 0. The van der Waals surface area contributed by atoms with Gasteiger partial charge in [0.2, 0.25) is 5.91 Å². The fraction of sp³-hybridized carbons (Fsp3) is 0.882. The van der Waals surface area contributed by atoms with Gasteiger partial charge in [-0.25, -0.2) is 4.99 Å². The molecular weight excluding hydrogens is 435 g/mol. The highest BCUT2D eigenvalue weighted by Crippen LogP contribution is 2.25. The Hall–Kier alpha value is -0.180. The molecule has 2 rings (SSSR count). The number of guanidine groups is 1. The number of amides is 1. The van der Waals surface area contributed by atoms with Gasteiger partial charge in [-0.15, -0.1) is 24.0 Å². The molecule has 2 aliphatic rings. The van der Waals surface area contributed by atoms with E-state index in [0.717, 1.165) is 25.0 Å². The normalized spacial score (nSPS) is 21.9. The van der Waals surface area contributed by atoms with Crippen LogP contribution in [-0.2, 0) is 4.79 Å². The van der Waals surface area contributed by atoms with Crippen LogP contribution in [0.5, 0.6) is 0 Å². The van der Waals surface area contributed by atoms with E-state index in [4.69, 9.17) is 0 Å². The molecule has 1 heterocycles. The quantitative estimate of drug-likeness (QED) is 0.358. The van der Waals surface area contributed by atoms with Crippen molar-refractivity contribution in [2.75, 3.05) is 39.5 Å². The van der Waals surface area contributed by atoms with Gasteiger partial charge in [0.15, 0.2) is 5.96 Å². The number of hydrogen-bond donors (Lipinski definition) is 2. The van der Waals surface area contributed by atoms with Gasteiger partial charge < -0.3 is 15.5 Å². The molecule has 7 heteroatoms. The van der Waals surface area contributed by atoms with Crippen molar-refractivity contribution in [3.8, 4) is 0 Å². The third-order valence-electron chi connectivity index (χ3n) is 4.68. The van der Waals surface area contributed by atoms with Crippen molar-refractivity contribution in [1.29, 1.82) is 0 Å². The summed E-state index contributed by atoms with van der Waals surface area (Å²) >= 11 is 2.04. The molecule has 5 nitrogen and oxygen atoms in total. The Balaban J connectivity index is 0.00000288. The van der Waals surface area contributed by atoms with Crippen molar-refractivity contribution < 1.29 is 4.79 Å². The molecule has 2 fully saturated rings. The highest BCUT2D eigenvalue weighted by Gasteiger charge is 2.17. The second-order valence-corrected chi connectivity index (χ2v) is 8.26. The summed E-state index contributed by atoms with van der Waals surface area (Å²) in [7, 11) is 3.55. The van der Waals surface area contributed by atoms with Crippen LogP contribution in [0.4, 0.5) is 0 Å². The maximum absolute atomic E-state index is 11.8. The fourth-order valence-electron chi connectivity index (χ4n) is 3.11. The van der Waals surface area contributed by atoms with Crippen molar-refractivity contribution >= 4 is 47.6 Å². The first-order valence-electron chi connectivity index (χ1n) is 8.99. The summed E-state index contributed by atoms with van der Waals surface area (Å²) in [6.45, 7) is 2.13. The summed E-state index contributed by atoms with van der Waals surface area (Å²) in [5, 5.41) is 7.59. The Morgan fingerprint density at radius 1 is 1.08 bits per heavy atom. The predicted molar refractivity (Wildman–Crippen MR) is 114 cm³/mol. The van der Waals surface area contributed by atoms with Crippen LogP contribution in [0.2, 0.25) is 0 Å². The van der Waals surface area contributed by atoms with Crippen LogP contribution in [0.3, 0.4) is 0 Å². The first-order valence-corrected chi connectivity index (χ1v) is 10.0. The van der Waals surface area contributed by atoms with Crippen LogP contribution in [0.1, 0.15) is 44.9 Å². The molecule has 1 aliphatic carbocycles. The van der Waals surface area contributed by atoms with Crippen LogP contribution in [0.25, 0.3) is 0 Å². The molecule has 1 amide bonds. The zero-order valence-electron chi connectivity index (χ0n) is 15.1. The van der Waals surface area contributed by atoms with Crippen molar-refractivity contribution in [2.45, 2.75) is 50.2 Å². The minimum absolute atomic E-state index is 0. The lowest BCUT2D eigenvalue weighted by Crippen LogP contribution is -2.43. The smallest absolute Gasteiger partial charge is 0.243 e. The first-order chi connectivity index (χ1) is 11.1. The Kier molecular flexibility index (Phi) is 11.1. The number of thioether (sulfide) groups is 1. The van der Waals surface area contributed by atoms with E-state index in [9.17, 15) is 4.79 Å². The SMILES string of the molecule is CN(C)C(=O)CN=C(NCC1CCCCC1)NCC1CCCS1.I. The second-order valence-electron chi connectivity index (χ2n) is 6.85. The van der Waals surface area contributed by atoms with Crippen LogP contribution in [0, 0.1) is 5.92 Å². The predicted octanol–water partition coefficient (Wildman–Crippen LogP) is 2.70. The molecular formula is C17H33IN4OS. The lowest BCUT2D eigenvalue weighted by molar-refractivity contribution is -0.127. The third-order valence-corrected chi connectivity index (χ3v) is 6.07.